The van der Waals surface area contributed by atoms with Crippen LogP contribution in [-0.4, -0.2) is 36.1 Å². The van der Waals surface area contributed by atoms with Crippen molar-refractivity contribution in [2.24, 2.45) is 0 Å². The van der Waals surface area contributed by atoms with Gasteiger partial charge >= 0.3 is 5.97 Å². The Hall–Kier alpha value is -2.89. The number of nitrogens with one attached hydrogen (secondary N) is 2. The number of anilines is 1. The van der Waals surface area contributed by atoms with Crippen molar-refractivity contribution in [1.82, 2.24) is 10.3 Å². The molecule has 1 aliphatic heterocycles. The molecule has 0 bridgehead atoms. The molecule has 0 radical (unpaired) electrons. The van der Waals surface area contributed by atoms with Gasteiger partial charge in [0.2, 0.25) is 0 Å². The number of ether oxygens (including phenoxy) is 1. The predicted octanol–water partition coefficient (Wildman–Crippen LogP) is 3.52. The monoisotopic (exact) mass is 381 g/mol. The molecule has 1 aliphatic rings. The van der Waals surface area contributed by atoms with Crippen molar-refractivity contribution in [2.45, 2.75) is 45.6 Å². The summed E-state index contributed by atoms with van der Waals surface area (Å²) < 4.78 is 5.50. The summed E-state index contributed by atoms with van der Waals surface area (Å²) in [6.45, 7) is 8.40. The van der Waals surface area contributed by atoms with Crippen molar-refractivity contribution in [3.63, 3.8) is 0 Å². The van der Waals surface area contributed by atoms with Crippen LogP contribution in [0.2, 0.25) is 0 Å². The number of benzene rings is 1. The third-order valence-electron chi connectivity index (χ3n) is 4.75. The number of hydrogen-bond acceptors (Lipinski definition) is 5. The number of nitrogens with zero attached hydrogens (tertiary/aromatic N) is 1. The van der Waals surface area contributed by atoms with Crippen LogP contribution in [0.4, 0.5) is 5.69 Å². The van der Waals surface area contributed by atoms with Crippen LogP contribution in [0.1, 0.15) is 71.3 Å². The first-order valence-corrected chi connectivity index (χ1v) is 9.52. The van der Waals surface area contributed by atoms with E-state index in [4.69, 9.17) is 4.74 Å². The first-order valence-electron chi connectivity index (χ1n) is 9.52. The molecule has 148 valence electrons. The third kappa shape index (κ3) is 4.16. The molecule has 0 spiro atoms. The Bertz CT molecular complexity index is 916. The van der Waals surface area contributed by atoms with Gasteiger partial charge < -0.3 is 15.4 Å². The highest BCUT2D eigenvalue weighted by molar-refractivity contribution is 5.96. The van der Waals surface area contributed by atoms with Crippen molar-refractivity contribution in [2.75, 3.05) is 18.9 Å². The Morgan fingerprint density at radius 3 is 2.68 bits per heavy atom. The summed E-state index contributed by atoms with van der Waals surface area (Å²) in [5, 5.41) is 5.96. The predicted molar refractivity (Wildman–Crippen MR) is 109 cm³/mol. The zero-order valence-corrected chi connectivity index (χ0v) is 17.1. The van der Waals surface area contributed by atoms with Gasteiger partial charge in [-0.05, 0) is 56.5 Å². The zero-order valence-electron chi connectivity index (χ0n) is 17.1. The van der Waals surface area contributed by atoms with Gasteiger partial charge in [-0.3, -0.25) is 4.79 Å². The number of rotatable bonds is 4. The molecule has 6 heteroatoms. The second kappa shape index (κ2) is 7.62. The number of pyridine rings is 1. The van der Waals surface area contributed by atoms with Gasteiger partial charge in [-0.15, -0.1) is 0 Å². The highest BCUT2D eigenvalue weighted by Gasteiger charge is 2.24. The molecule has 0 fully saturated rings. The molecule has 1 aromatic carbocycles. The average Bonchev–Trinajstić information content (AvgIpc) is 3.13. The van der Waals surface area contributed by atoms with Gasteiger partial charge in [0.1, 0.15) is 11.3 Å². The van der Waals surface area contributed by atoms with E-state index in [0.717, 1.165) is 24.2 Å². The summed E-state index contributed by atoms with van der Waals surface area (Å²) in [5.41, 5.74) is 4.14. The summed E-state index contributed by atoms with van der Waals surface area (Å²) >= 11 is 0. The fourth-order valence-corrected chi connectivity index (χ4v) is 3.41. The lowest BCUT2D eigenvalue weighted by atomic mass is 9.90. The average molecular weight is 381 g/mol. The van der Waals surface area contributed by atoms with E-state index in [-0.39, 0.29) is 17.5 Å². The van der Waals surface area contributed by atoms with Gasteiger partial charge in [0.15, 0.2) is 0 Å². The van der Waals surface area contributed by atoms with Crippen LogP contribution in [0.5, 0.6) is 0 Å². The maximum Gasteiger partial charge on any atom is 0.338 e. The fourth-order valence-electron chi connectivity index (χ4n) is 3.41. The van der Waals surface area contributed by atoms with Gasteiger partial charge in [-0.2, -0.15) is 0 Å². The number of amides is 1. The van der Waals surface area contributed by atoms with Gasteiger partial charge in [-0.25, -0.2) is 9.78 Å². The first-order chi connectivity index (χ1) is 13.2. The third-order valence-corrected chi connectivity index (χ3v) is 4.75. The summed E-state index contributed by atoms with van der Waals surface area (Å²) in [7, 11) is 1.54. The van der Waals surface area contributed by atoms with E-state index in [1.54, 1.807) is 13.1 Å². The Labute approximate surface area is 165 Å². The first kappa shape index (κ1) is 19.9. The lowest BCUT2D eigenvalue weighted by Crippen LogP contribution is -2.25. The van der Waals surface area contributed by atoms with Gasteiger partial charge in [0, 0.05) is 30.9 Å². The van der Waals surface area contributed by atoms with Crippen LogP contribution in [0.3, 0.4) is 0 Å². The molecular weight excluding hydrogens is 354 g/mol. The van der Waals surface area contributed by atoms with Crippen molar-refractivity contribution in [3.05, 3.63) is 58.4 Å². The molecule has 1 aromatic heterocycles. The molecule has 3 rings (SSSR count). The Kier molecular flexibility index (Phi) is 5.40. The largest absolute Gasteiger partial charge is 0.456 e. The smallest absolute Gasteiger partial charge is 0.338 e. The SMILES string of the molecule is CNC(=O)c1cc(C(=O)OC(C)(C)C)cc(C(C)c2cccc3c2CCN3)n1. The van der Waals surface area contributed by atoms with Gasteiger partial charge in [0.25, 0.3) is 5.91 Å². The second-order valence-corrected chi connectivity index (χ2v) is 8.02. The maximum absolute atomic E-state index is 12.6. The number of aromatic nitrogens is 1. The topological polar surface area (TPSA) is 80.3 Å². The Morgan fingerprint density at radius 1 is 1.25 bits per heavy atom. The van der Waals surface area contributed by atoms with E-state index in [1.165, 1.54) is 11.6 Å². The number of carbonyl (C=O) groups excluding carboxylic acids is 2. The van der Waals surface area contributed by atoms with Crippen LogP contribution in [0.15, 0.2) is 30.3 Å². The molecule has 1 unspecified atom stereocenters. The van der Waals surface area contributed by atoms with Crippen molar-refractivity contribution < 1.29 is 14.3 Å². The van der Waals surface area contributed by atoms with Crippen molar-refractivity contribution in [1.29, 1.82) is 0 Å². The maximum atomic E-state index is 12.6. The second-order valence-electron chi connectivity index (χ2n) is 8.02. The van der Waals surface area contributed by atoms with Gasteiger partial charge in [-0.1, -0.05) is 19.1 Å². The van der Waals surface area contributed by atoms with Crippen LogP contribution >= 0.6 is 0 Å². The summed E-state index contributed by atoms with van der Waals surface area (Å²) in [4.78, 5) is 29.4. The van der Waals surface area contributed by atoms with Crippen LogP contribution in [-0.2, 0) is 11.2 Å². The van der Waals surface area contributed by atoms with Crippen molar-refractivity contribution >= 4 is 17.6 Å². The molecule has 2 aromatic rings. The lowest BCUT2D eigenvalue weighted by molar-refractivity contribution is 0.00692. The number of hydrogen-bond donors (Lipinski definition) is 2. The minimum absolute atomic E-state index is 0.0688. The van der Waals surface area contributed by atoms with E-state index in [1.807, 2.05) is 33.8 Å². The molecular formula is C22H27N3O3. The fraction of sp³-hybridized carbons (Fsp3) is 0.409. The van der Waals surface area contributed by atoms with Crippen LogP contribution in [0, 0.1) is 0 Å². The quantitative estimate of drug-likeness (QED) is 0.792. The molecule has 1 amide bonds. The molecule has 0 saturated heterocycles. The molecule has 0 saturated carbocycles. The minimum Gasteiger partial charge on any atom is -0.456 e. The molecule has 6 nitrogen and oxygen atoms in total. The minimum atomic E-state index is -0.620. The highest BCUT2D eigenvalue weighted by Crippen LogP contribution is 2.33. The van der Waals surface area contributed by atoms with E-state index >= 15 is 0 Å². The normalized spacial score (nSPS) is 14.0. The van der Waals surface area contributed by atoms with E-state index in [2.05, 4.69) is 27.8 Å². The molecule has 2 heterocycles. The standard InChI is InChI=1S/C22H27N3O3/c1-13(15-7-6-8-17-16(15)9-10-24-17)18-11-14(21(27)28-22(2,3)4)12-19(25-18)20(26)23-5/h6-8,11-13,24H,9-10H2,1-5H3,(H,23,26). The Balaban J connectivity index is 2.05. The Morgan fingerprint density at radius 2 is 2.00 bits per heavy atom. The van der Waals surface area contributed by atoms with E-state index in [9.17, 15) is 9.59 Å². The van der Waals surface area contributed by atoms with Crippen molar-refractivity contribution in [3.8, 4) is 0 Å². The zero-order chi connectivity index (χ0) is 20.5. The molecule has 0 aliphatic carbocycles. The highest BCUT2D eigenvalue weighted by atomic mass is 16.6. The summed E-state index contributed by atoms with van der Waals surface area (Å²) in [6.07, 6.45) is 0.948. The lowest BCUT2D eigenvalue weighted by Gasteiger charge is -2.21. The molecule has 28 heavy (non-hydrogen) atoms. The number of esters is 1. The van der Waals surface area contributed by atoms with E-state index in [0.29, 0.717) is 11.3 Å². The van der Waals surface area contributed by atoms with Gasteiger partial charge in [0.05, 0.1) is 5.56 Å². The molecule has 1 atom stereocenters. The number of carbonyl (C=O) groups is 2. The van der Waals surface area contributed by atoms with Crippen LogP contribution < -0.4 is 10.6 Å². The molecule has 2 N–H and O–H groups in total. The summed E-state index contributed by atoms with van der Waals surface area (Å²) in [6, 6.07) is 9.38. The summed E-state index contributed by atoms with van der Waals surface area (Å²) in [5.74, 6) is -0.868. The number of fused-ring (bicyclic) bond motifs is 1. The van der Waals surface area contributed by atoms with E-state index < -0.39 is 11.6 Å². The van der Waals surface area contributed by atoms with Crippen LogP contribution in [0.25, 0.3) is 0 Å².